The van der Waals surface area contributed by atoms with Crippen molar-refractivity contribution in [3.63, 3.8) is 0 Å². The number of amides is 1. The van der Waals surface area contributed by atoms with Crippen LogP contribution < -0.4 is 15.8 Å². The zero-order valence-electron chi connectivity index (χ0n) is 11.2. The molecule has 0 radical (unpaired) electrons. The summed E-state index contributed by atoms with van der Waals surface area (Å²) in [6, 6.07) is 3.65. The highest BCUT2D eigenvalue weighted by Gasteiger charge is 2.19. The Kier molecular flexibility index (Phi) is 3.56. The van der Waals surface area contributed by atoms with E-state index in [0.29, 0.717) is 16.7 Å². The lowest BCUT2D eigenvalue weighted by Crippen LogP contribution is -2.21. The summed E-state index contributed by atoms with van der Waals surface area (Å²) in [6.07, 6.45) is 4.71. The first-order valence-corrected chi connectivity index (χ1v) is 6.89. The maximum atomic E-state index is 11.7. The van der Waals surface area contributed by atoms with Gasteiger partial charge in [0.2, 0.25) is 0 Å². The van der Waals surface area contributed by atoms with E-state index in [1.807, 2.05) is 6.07 Å². The average Bonchev–Trinajstić information content (AvgIpc) is 2.75. The Morgan fingerprint density at radius 2 is 2.25 bits per heavy atom. The van der Waals surface area contributed by atoms with E-state index in [-0.39, 0.29) is 6.10 Å². The van der Waals surface area contributed by atoms with Gasteiger partial charge in [-0.3, -0.25) is 9.89 Å². The number of H-pyrrole nitrogens is 1. The van der Waals surface area contributed by atoms with Crippen LogP contribution in [-0.4, -0.2) is 35.3 Å². The number of benzene rings is 1. The lowest BCUT2D eigenvalue weighted by atomic mass is 10.1. The highest BCUT2D eigenvalue weighted by Crippen LogP contribution is 2.28. The molecule has 1 aromatic carbocycles. The molecule has 20 heavy (non-hydrogen) atoms. The second kappa shape index (κ2) is 5.50. The van der Waals surface area contributed by atoms with E-state index in [1.54, 1.807) is 12.3 Å². The van der Waals surface area contributed by atoms with E-state index in [9.17, 15) is 4.79 Å². The van der Waals surface area contributed by atoms with E-state index in [0.717, 1.165) is 37.9 Å². The number of aromatic amines is 1. The first kappa shape index (κ1) is 12.9. The van der Waals surface area contributed by atoms with Crippen molar-refractivity contribution in [2.75, 3.05) is 13.1 Å². The second-order valence-corrected chi connectivity index (χ2v) is 5.05. The van der Waals surface area contributed by atoms with Gasteiger partial charge < -0.3 is 15.8 Å². The fourth-order valence-electron chi connectivity index (χ4n) is 2.63. The van der Waals surface area contributed by atoms with E-state index in [4.69, 9.17) is 10.5 Å². The molecule has 2 aromatic rings. The second-order valence-electron chi connectivity index (χ2n) is 5.05. The molecule has 1 fully saturated rings. The first-order valence-electron chi connectivity index (χ1n) is 6.89. The standard InChI is InChI=1S/C14H18N4O2/c15-14(19)13-10-8-17-18-11(10)3-4-12(13)20-9-2-1-6-16-7-5-9/h3-4,8-9,16H,1-2,5-7H2,(H2,15,19)(H,17,18). The Bertz CT molecular complexity index is 615. The molecule has 106 valence electrons. The van der Waals surface area contributed by atoms with Crippen molar-refractivity contribution in [1.29, 1.82) is 0 Å². The van der Waals surface area contributed by atoms with Crippen LogP contribution in [0, 0.1) is 0 Å². The fourth-order valence-corrected chi connectivity index (χ4v) is 2.63. The number of primary amides is 1. The molecule has 1 aromatic heterocycles. The van der Waals surface area contributed by atoms with Gasteiger partial charge >= 0.3 is 0 Å². The third-order valence-electron chi connectivity index (χ3n) is 3.65. The Morgan fingerprint density at radius 1 is 1.35 bits per heavy atom. The molecule has 6 heteroatoms. The number of nitrogens with one attached hydrogen (secondary N) is 2. The smallest absolute Gasteiger partial charge is 0.253 e. The molecule has 6 nitrogen and oxygen atoms in total. The van der Waals surface area contributed by atoms with Crippen molar-refractivity contribution < 1.29 is 9.53 Å². The molecule has 1 aliphatic rings. The fraction of sp³-hybridized carbons (Fsp3) is 0.429. The number of nitrogens with two attached hydrogens (primary N) is 1. The molecule has 1 amide bonds. The van der Waals surface area contributed by atoms with Crippen molar-refractivity contribution >= 4 is 16.8 Å². The Balaban J connectivity index is 1.93. The van der Waals surface area contributed by atoms with Gasteiger partial charge in [-0.05, 0) is 44.5 Å². The van der Waals surface area contributed by atoms with Gasteiger partial charge in [-0.25, -0.2) is 0 Å². The number of nitrogens with zero attached hydrogens (tertiary/aromatic N) is 1. The van der Waals surface area contributed by atoms with Gasteiger partial charge in [0.15, 0.2) is 0 Å². The van der Waals surface area contributed by atoms with E-state index in [1.165, 1.54) is 0 Å². The largest absolute Gasteiger partial charge is 0.490 e. The van der Waals surface area contributed by atoms with Crippen molar-refractivity contribution in [3.05, 3.63) is 23.9 Å². The number of rotatable bonds is 3. The molecular weight excluding hydrogens is 256 g/mol. The minimum absolute atomic E-state index is 0.118. The zero-order valence-corrected chi connectivity index (χ0v) is 11.2. The summed E-state index contributed by atoms with van der Waals surface area (Å²) in [5.74, 6) is 0.0667. The number of hydrogen-bond acceptors (Lipinski definition) is 4. The van der Waals surface area contributed by atoms with E-state index >= 15 is 0 Å². The van der Waals surface area contributed by atoms with Crippen LogP contribution in [0.1, 0.15) is 29.6 Å². The quantitative estimate of drug-likeness (QED) is 0.783. The summed E-state index contributed by atoms with van der Waals surface area (Å²) in [4.78, 5) is 11.7. The minimum atomic E-state index is -0.487. The van der Waals surface area contributed by atoms with Gasteiger partial charge in [0.05, 0.1) is 23.4 Å². The molecule has 2 heterocycles. The maximum absolute atomic E-state index is 11.7. The molecule has 3 rings (SSSR count). The van der Waals surface area contributed by atoms with Crippen LogP contribution in [0.15, 0.2) is 18.3 Å². The molecule has 1 atom stereocenters. The molecule has 1 aliphatic heterocycles. The van der Waals surface area contributed by atoms with Crippen LogP contribution in [0.3, 0.4) is 0 Å². The number of fused-ring (bicyclic) bond motifs is 1. The molecule has 1 unspecified atom stereocenters. The van der Waals surface area contributed by atoms with Crippen molar-refractivity contribution in [1.82, 2.24) is 15.5 Å². The van der Waals surface area contributed by atoms with Gasteiger partial charge in [0.25, 0.3) is 5.91 Å². The third-order valence-corrected chi connectivity index (χ3v) is 3.65. The summed E-state index contributed by atoms with van der Waals surface area (Å²) >= 11 is 0. The highest BCUT2D eigenvalue weighted by atomic mass is 16.5. The van der Waals surface area contributed by atoms with E-state index in [2.05, 4.69) is 15.5 Å². The Hall–Kier alpha value is -2.08. The number of aromatic nitrogens is 2. The summed E-state index contributed by atoms with van der Waals surface area (Å²) in [5.41, 5.74) is 6.70. The number of hydrogen-bond donors (Lipinski definition) is 3. The van der Waals surface area contributed by atoms with Gasteiger partial charge in [-0.2, -0.15) is 5.10 Å². The number of ether oxygens (including phenoxy) is 1. The predicted molar refractivity (Wildman–Crippen MR) is 75.7 cm³/mol. The van der Waals surface area contributed by atoms with Crippen LogP contribution in [0.2, 0.25) is 0 Å². The van der Waals surface area contributed by atoms with Crippen LogP contribution in [-0.2, 0) is 0 Å². The van der Waals surface area contributed by atoms with E-state index < -0.39 is 5.91 Å². The Morgan fingerprint density at radius 3 is 3.10 bits per heavy atom. The molecule has 0 saturated carbocycles. The monoisotopic (exact) mass is 274 g/mol. The van der Waals surface area contributed by atoms with Gasteiger partial charge in [-0.15, -0.1) is 0 Å². The molecule has 0 bridgehead atoms. The lowest BCUT2D eigenvalue weighted by Gasteiger charge is -2.18. The normalized spacial score (nSPS) is 19.7. The molecule has 0 spiro atoms. The summed E-state index contributed by atoms with van der Waals surface area (Å²) in [7, 11) is 0. The number of carbonyl (C=O) groups excluding carboxylic acids is 1. The van der Waals surface area contributed by atoms with Crippen LogP contribution >= 0.6 is 0 Å². The van der Waals surface area contributed by atoms with Crippen molar-refractivity contribution in [3.8, 4) is 5.75 Å². The topological polar surface area (TPSA) is 93.0 Å². The Labute approximate surface area is 116 Å². The van der Waals surface area contributed by atoms with Crippen LogP contribution in [0.4, 0.5) is 0 Å². The number of carbonyl (C=O) groups is 1. The SMILES string of the molecule is NC(=O)c1c(OC2CCCNCC2)ccc2[nH]ncc12. The van der Waals surface area contributed by atoms with Gasteiger partial charge in [-0.1, -0.05) is 0 Å². The lowest BCUT2D eigenvalue weighted by molar-refractivity contribution is 0.0993. The predicted octanol–water partition coefficient (Wildman–Crippen LogP) is 1.18. The van der Waals surface area contributed by atoms with Gasteiger partial charge in [0, 0.05) is 5.39 Å². The maximum Gasteiger partial charge on any atom is 0.253 e. The first-order chi connectivity index (χ1) is 9.75. The summed E-state index contributed by atoms with van der Waals surface area (Å²) in [5, 5.41) is 10.8. The minimum Gasteiger partial charge on any atom is -0.490 e. The molecule has 0 aliphatic carbocycles. The molecular formula is C14H18N4O2. The zero-order chi connectivity index (χ0) is 13.9. The molecule has 1 saturated heterocycles. The van der Waals surface area contributed by atoms with Crippen LogP contribution in [0.5, 0.6) is 5.75 Å². The highest BCUT2D eigenvalue weighted by molar-refractivity contribution is 6.07. The van der Waals surface area contributed by atoms with Gasteiger partial charge in [0.1, 0.15) is 5.75 Å². The summed E-state index contributed by atoms with van der Waals surface area (Å²) in [6.45, 7) is 1.95. The average molecular weight is 274 g/mol. The van der Waals surface area contributed by atoms with Crippen molar-refractivity contribution in [2.45, 2.75) is 25.4 Å². The third kappa shape index (κ3) is 2.46. The van der Waals surface area contributed by atoms with Crippen molar-refractivity contribution in [2.24, 2.45) is 5.73 Å². The molecule has 4 N–H and O–H groups in total. The summed E-state index contributed by atoms with van der Waals surface area (Å²) < 4.78 is 6.02. The van der Waals surface area contributed by atoms with Crippen LogP contribution in [0.25, 0.3) is 10.9 Å².